The molecule has 0 aliphatic heterocycles. The first-order chi connectivity index (χ1) is 10.8. The first kappa shape index (κ1) is 16.8. The zero-order valence-electron chi connectivity index (χ0n) is 11.6. The number of carbonyl (C=O) groups excluding carboxylic acids is 1. The summed E-state index contributed by atoms with van der Waals surface area (Å²) < 4.78 is 54.0. The first-order valence-corrected chi connectivity index (χ1v) is 7.81. The Hall–Kier alpha value is -2.52. The average molecular weight is 342 g/mol. The van der Waals surface area contributed by atoms with Crippen LogP contribution in [0.4, 0.5) is 19.3 Å². The maximum absolute atomic E-state index is 13.2. The third kappa shape index (κ3) is 4.47. The Morgan fingerprint density at radius 2 is 1.74 bits per heavy atom. The highest BCUT2D eigenvalue weighted by Crippen LogP contribution is 2.23. The van der Waals surface area contributed by atoms with E-state index in [1.165, 1.54) is 0 Å². The fourth-order valence-electron chi connectivity index (χ4n) is 1.73. The molecule has 0 aliphatic carbocycles. The van der Waals surface area contributed by atoms with Gasteiger partial charge in [0, 0.05) is 6.07 Å². The van der Waals surface area contributed by atoms with Gasteiger partial charge in [-0.15, -0.1) is 0 Å². The Morgan fingerprint density at radius 3 is 2.35 bits per heavy atom. The molecular formula is C14H12F2N2O4S. The molecule has 0 saturated carbocycles. The van der Waals surface area contributed by atoms with Gasteiger partial charge >= 0.3 is 6.09 Å². The molecule has 2 aromatic carbocycles. The number of hydrogen-bond donors (Lipinski definition) is 2. The molecule has 3 N–H and O–H groups in total. The van der Waals surface area contributed by atoms with Crippen molar-refractivity contribution in [2.24, 2.45) is 5.14 Å². The van der Waals surface area contributed by atoms with Crippen molar-refractivity contribution in [3.8, 4) is 0 Å². The molecule has 122 valence electrons. The van der Waals surface area contributed by atoms with Gasteiger partial charge < -0.3 is 4.74 Å². The van der Waals surface area contributed by atoms with Crippen LogP contribution in [0.25, 0.3) is 0 Å². The van der Waals surface area contributed by atoms with Crippen LogP contribution in [-0.2, 0) is 21.4 Å². The fourth-order valence-corrected chi connectivity index (χ4v) is 2.42. The number of amides is 1. The van der Waals surface area contributed by atoms with Crippen molar-refractivity contribution in [1.29, 1.82) is 0 Å². The van der Waals surface area contributed by atoms with Crippen LogP contribution < -0.4 is 10.5 Å². The molecule has 9 heteroatoms. The number of rotatable bonds is 4. The van der Waals surface area contributed by atoms with Crippen molar-refractivity contribution >= 4 is 21.8 Å². The molecule has 0 heterocycles. The Kier molecular flexibility index (Phi) is 4.92. The van der Waals surface area contributed by atoms with Crippen molar-refractivity contribution in [1.82, 2.24) is 0 Å². The van der Waals surface area contributed by atoms with Crippen LogP contribution >= 0.6 is 0 Å². The number of primary sulfonamides is 1. The van der Waals surface area contributed by atoms with E-state index in [1.807, 2.05) is 5.32 Å². The largest absolute Gasteiger partial charge is 0.444 e. The summed E-state index contributed by atoms with van der Waals surface area (Å²) in [5, 5.41) is 6.94. The number of anilines is 1. The molecule has 0 aromatic heterocycles. The second-order valence-electron chi connectivity index (χ2n) is 4.49. The number of nitrogens with two attached hydrogens (primary N) is 1. The van der Waals surface area contributed by atoms with Crippen LogP contribution in [0.3, 0.4) is 0 Å². The Labute approximate surface area is 130 Å². The van der Waals surface area contributed by atoms with Gasteiger partial charge in [0.25, 0.3) is 0 Å². The van der Waals surface area contributed by atoms with Crippen molar-refractivity contribution in [3.63, 3.8) is 0 Å². The van der Waals surface area contributed by atoms with Gasteiger partial charge in [0.1, 0.15) is 11.5 Å². The van der Waals surface area contributed by atoms with E-state index in [0.29, 0.717) is 17.7 Å². The third-order valence-corrected chi connectivity index (χ3v) is 3.73. The lowest BCUT2D eigenvalue weighted by Gasteiger charge is -2.11. The van der Waals surface area contributed by atoms with Gasteiger partial charge in [0.05, 0.1) is 5.69 Å². The number of ether oxygens (including phenoxy) is 1. The highest BCUT2D eigenvalue weighted by molar-refractivity contribution is 7.89. The lowest BCUT2D eigenvalue weighted by molar-refractivity contribution is 0.155. The zero-order chi connectivity index (χ0) is 17.0. The summed E-state index contributed by atoms with van der Waals surface area (Å²) in [4.78, 5) is 10.9. The second-order valence-corrected chi connectivity index (χ2v) is 6.02. The maximum Gasteiger partial charge on any atom is 0.411 e. The van der Waals surface area contributed by atoms with Crippen LogP contribution in [-0.4, -0.2) is 14.5 Å². The van der Waals surface area contributed by atoms with E-state index in [4.69, 9.17) is 9.88 Å². The molecule has 0 radical (unpaired) electrons. The number of halogens is 2. The molecule has 6 nitrogen and oxygen atoms in total. The van der Waals surface area contributed by atoms with Gasteiger partial charge in [-0.05, 0) is 11.6 Å². The van der Waals surface area contributed by atoms with E-state index in [9.17, 15) is 22.0 Å². The molecule has 0 spiro atoms. The molecule has 0 aliphatic rings. The number of carbonyl (C=O) groups is 1. The van der Waals surface area contributed by atoms with Gasteiger partial charge in [-0.1, -0.05) is 30.3 Å². The molecule has 1 amide bonds. The molecule has 2 aromatic rings. The predicted octanol–water partition coefficient (Wildman–Crippen LogP) is 2.36. The summed E-state index contributed by atoms with van der Waals surface area (Å²) >= 11 is 0. The van der Waals surface area contributed by atoms with Crippen LogP contribution in [0.5, 0.6) is 0 Å². The van der Waals surface area contributed by atoms with E-state index < -0.39 is 38.3 Å². The molecule has 0 atom stereocenters. The maximum atomic E-state index is 13.2. The SMILES string of the molecule is NS(=O)(=O)c1cc(F)c(F)cc1NC(=O)OCc1ccccc1. The summed E-state index contributed by atoms with van der Waals surface area (Å²) in [6, 6.07) is 9.58. The van der Waals surface area contributed by atoms with Gasteiger partial charge in [-0.3, -0.25) is 5.32 Å². The number of benzene rings is 2. The minimum Gasteiger partial charge on any atom is -0.444 e. The molecule has 0 unspecified atom stereocenters. The quantitative estimate of drug-likeness (QED) is 0.891. The van der Waals surface area contributed by atoms with Gasteiger partial charge in [-0.25, -0.2) is 27.1 Å². The van der Waals surface area contributed by atoms with E-state index in [2.05, 4.69) is 0 Å². The van der Waals surface area contributed by atoms with Crippen LogP contribution in [0.2, 0.25) is 0 Å². The van der Waals surface area contributed by atoms with Gasteiger partial charge in [0.2, 0.25) is 10.0 Å². The minimum absolute atomic E-state index is 0.0823. The van der Waals surface area contributed by atoms with Gasteiger partial charge in [-0.2, -0.15) is 0 Å². The van der Waals surface area contributed by atoms with E-state index in [0.717, 1.165) is 0 Å². The topological polar surface area (TPSA) is 98.5 Å². The summed E-state index contributed by atoms with van der Waals surface area (Å²) in [6.45, 7) is -0.0823. The van der Waals surface area contributed by atoms with Crippen molar-refractivity contribution in [2.75, 3.05) is 5.32 Å². The zero-order valence-corrected chi connectivity index (χ0v) is 12.4. The third-order valence-electron chi connectivity index (χ3n) is 2.78. The molecule has 0 fully saturated rings. The smallest absolute Gasteiger partial charge is 0.411 e. The van der Waals surface area contributed by atoms with E-state index in [1.54, 1.807) is 30.3 Å². The van der Waals surface area contributed by atoms with E-state index >= 15 is 0 Å². The Balaban J connectivity index is 2.16. The monoisotopic (exact) mass is 342 g/mol. The average Bonchev–Trinajstić information content (AvgIpc) is 2.48. The van der Waals surface area contributed by atoms with Crippen LogP contribution in [0.1, 0.15) is 5.56 Å². The Morgan fingerprint density at radius 1 is 1.13 bits per heavy atom. The minimum atomic E-state index is -4.36. The van der Waals surface area contributed by atoms with Crippen LogP contribution in [0.15, 0.2) is 47.4 Å². The van der Waals surface area contributed by atoms with Crippen molar-refractivity contribution in [2.45, 2.75) is 11.5 Å². The number of sulfonamides is 1. The lowest BCUT2D eigenvalue weighted by atomic mass is 10.2. The standard InChI is InChI=1S/C14H12F2N2O4S/c15-10-6-12(13(7-11(10)16)23(17,20)21)18-14(19)22-8-9-4-2-1-3-5-9/h1-7H,8H2,(H,18,19)(H2,17,20,21). The normalized spacial score (nSPS) is 11.1. The Bertz CT molecular complexity index is 826. The first-order valence-electron chi connectivity index (χ1n) is 6.27. The molecule has 23 heavy (non-hydrogen) atoms. The summed E-state index contributed by atoms with van der Waals surface area (Å²) in [5.74, 6) is -2.74. The molecular weight excluding hydrogens is 330 g/mol. The molecule has 0 bridgehead atoms. The second kappa shape index (κ2) is 6.71. The number of nitrogens with one attached hydrogen (secondary N) is 1. The van der Waals surface area contributed by atoms with Crippen LogP contribution in [0, 0.1) is 11.6 Å². The highest BCUT2D eigenvalue weighted by atomic mass is 32.2. The van der Waals surface area contributed by atoms with Crippen molar-refractivity contribution in [3.05, 3.63) is 59.7 Å². The summed E-state index contributed by atoms with van der Waals surface area (Å²) in [6.07, 6.45) is -1.04. The lowest BCUT2D eigenvalue weighted by Crippen LogP contribution is -2.19. The van der Waals surface area contributed by atoms with E-state index in [-0.39, 0.29) is 6.61 Å². The summed E-state index contributed by atoms with van der Waals surface area (Å²) in [7, 11) is -4.36. The predicted molar refractivity (Wildman–Crippen MR) is 78.0 cm³/mol. The van der Waals surface area contributed by atoms with Gasteiger partial charge in [0.15, 0.2) is 11.6 Å². The highest BCUT2D eigenvalue weighted by Gasteiger charge is 2.20. The molecule has 2 rings (SSSR count). The molecule has 0 saturated heterocycles. The summed E-state index contributed by atoms with van der Waals surface area (Å²) in [5.41, 5.74) is 0.184. The van der Waals surface area contributed by atoms with Crippen molar-refractivity contribution < 1.29 is 26.7 Å². The fraction of sp³-hybridized carbons (Fsp3) is 0.0714. The number of hydrogen-bond acceptors (Lipinski definition) is 4.